The summed E-state index contributed by atoms with van der Waals surface area (Å²) in [4.78, 5) is 0. The Bertz CT molecular complexity index is 326. The van der Waals surface area contributed by atoms with Crippen LogP contribution in [-0.4, -0.2) is 17.8 Å². The molecule has 1 rings (SSSR count). The lowest BCUT2D eigenvalue weighted by Crippen LogP contribution is -2.16. The molecule has 0 spiro atoms. The van der Waals surface area contributed by atoms with Gasteiger partial charge in [-0.2, -0.15) is 0 Å². The molecule has 1 aromatic rings. The summed E-state index contributed by atoms with van der Waals surface area (Å²) in [5.41, 5.74) is 2.31. The Morgan fingerprint density at radius 1 is 1.44 bits per heavy atom. The van der Waals surface area contributed by atoms with Crippen molar-refractivity contribution in [3.63, 3.8) is 0 Å². The number of halogens is 1. The van der Waals surface area contributed by atoms with Gasteiger partial charge in [0, 0.05) is 11.6 Å². The maximum Gasteiger partial charge on any atom is 0.0512 e. The van der Waals surface area contributed by atoms with E-state index < -0.39 is 0 Å². The van der Waals surface area contributed by atoms with Crippen molar-refractivity contribution in [3.05, 3.63) is 34.3 Å². The third-order valence-corrected chi connectivity index (χ3v) is 2.95. The average molecular weight is 242 g/mol. The summed E-state index contributed by atoms with van der Waals surface area (Å²) in [6.45, 7) is 5.58. The van der Waals surface area contributed by atoms with Crippen LogP contribution in [0.15, 0.2) is 18.2 Å². The van der Waals surface area contributed by atoms with Gasteiger partial charge in [0.25, 0.3) is 0 Å². The van der Waals surface area contributed by atoms with Crippen LogP contribution in [0.25, 0.3) is 0 Å². The summed E-state index contributed by atoms with van der Waals surface area (Å²) in [6, 6.07) is 6.12. The van der Waals surface area contributed by atoms with E-state index in [2.05, 4.69) is 11.4 Å². The van der Waals surface area contributed by atoms with Crippen LogP contribution < -0.4 is 5.32 Å². The van der Waals surface area contributed by atoms with Crippen LogP contribution in [0, 0.1) is 6.92 Å². The molecule has 1 aromatic carbocycles. The van der Waals surface area contributed by atoms with E-state index in [-0.39, 0.29) is 6.10 Å². The lowest BCUT2D eigenvalue weighted by Gasteiger charge is -2.07. The van der Waals surface area contributed by atoms with Crippen molar-refractivity contribution in [2.75, 3.05) is 6.54 Å². The third kappa shape index (κ3) is 4.97. The van der Waals surface area contributed by atoms with Crippen molar-refractivity contribution in [2.45, 2.75) is 39.3 Å². The van der Waals surface area contributed by atoms with Gasteiger partial charge in [-0.1, -0.05) is 23.7 Å². The topological polar surface area (TPSA) is 32.3 Å². The molecule has 0 heterocycles. The van der Waals surface area contributed by atoms with E-state index in [0.717, 1.165) is 36.5 Å². The monoisotopic (exact) mass is 241 g/mol. The first kappa shape index (κ1) is 13.5. The van der Waals surface area contributed by atoms with Gasteiger partial charge in [-0.25, -0.2) is 0 Å². The maximum absolute atomic E-state index is 9.09. The Balaban J connectivity index is 2.24. The first-order valence-electron chi connectivity index (χ1n) is 5.73. The van der Waals surface area contributed by atoms with Crippen LogP contribution in [0.4, 0.5) is 0 Å². The minimum Gasteiger partial charge on any atom is -0.393 e. The SMILES string of the molecule is Cc1ccc(CNCCCC(C)O)cc1Cl. The Morgan fingerprint density at radius 2 is 2.19 bits per heavy atom. The van der Waals surface area contributed by atoms with Crippen molar-refractivity contribution >= 4 is 11.6 Å². The van der Waals surface area contributed by atoms with Crippen LogP contribution in [0.3, 0.4) is 0 Å². The zero-order chi connectivity index (χ0) is 12.0. The fraction of sp³-hybridized carbons (Fsp3) is 0.538. The Kier molecular flexibility index (Phi) is 5.81. The summed E-state index contributed by atoms with van der Waals surface area (Å²) >= 11 is 6.03. The van der Waals surface area contributed by atoms with Gasteiger partial charge < -0.3 is 10.4 Å². The molecule has 16 heavy (non-hydrogen) atoms. The molecule has 0 fully saturated rings. The highest BCUT2D eigenvalue weighted by Gasteiger charge is 1.98. The van der Waals surface area contributed by atoms with Crippen molar-refractivity contribution in [1.29, 1.82) is 0 Å². The summed E-state index contributed by atoms with van der Waals surface area (Å²) in [6.07, 6.45) is 1.65. The number of aliphatic hydroxyl groups is 1. The van der Waals surface area contributed by atoms with Crippen molar-refractivity contribution in [2.24, 2.45) is 0 Å². The lowest BCUT2D eigenvalue weighted by molar-refractivity contribution is 0.181. The van der Waals surface area contributed by atoms with Gasteiger partial charge >= 0.3 is 0 Å². The molecule has 0 saturated carbocycles. The van der Waals surface area contributed by atoms with Crippen LogP contribution in [0.5, 0.6) is 0 Å². The molecule has 0 amide bonds. The van der Waals surface area contributed by atoms with Gasteiger partial charge in [-0.15, -0.1) is 0 Å². The first-order chi connectivity index (χ1) is 7.59. The standard InChI is InChI=1S/C13H20ClNO/c1-10-5-6-12(8-13(10)14)9-15-7-3-4-11(2)16/h5-6,8,11,15-16H,3-4,7,9H2,1-2H3. The number of nitrogens with one attached hydrogen (secondary N) is 1. The lowest BCUT2D eigenvalue weighted by atomic mass is 10.1. The zero-order valence-electron chi connectivity index (χ0n) is 9.96. The van der Waals surface area contributed by atoms with E-state index in [1.165, 1.54) is 5.56 Å². The van der Waals surface area contributed by atoms with E-state index in [9.17, 15) is 0 Å². The highest BCUT2D eigenvalue weighted by molar-refractivity contribution is 6.31. The first-order valence-corrected chi connectivity index (χ1v) is 6.11. The molecular weight excluding hydrogens is 222 g/mol. The predicted molar refractivity (Wildman–Crippen MR) is 68.8 cm³/mol. The Labute approximate surface area is 103 Å². The molecular formula is C13H20ClNO. The molecule has 1 unspecified atom stereocenters. The van der Waals surface area contributed by atoms with Crippen LogP contribution >= 0.6 is 11.6 Å². The van der Waals surface area contributed by atoms with Crippen molar-refractivity contribution in [1.82, 2.24) is 5.32 Å². The molecule has 0 aliphatic heterocycles. The van der Waals surface area contributed by atoms with Crippen LogP contribution in [-0.2, 0) is 6.54 Å². The molecule has 0 aromatic heterocycles. The molecule has 0 bridgehead atoms. The van der Waals surface area contributed by atoms with E-state index in [4.69, 9.17) is 16.7 Å². The quantitative estimate of drug-likeness (QED) is 0.751. The zero-order valence-corrected chi connectivity index (χ0v) is 10.7. The van der Waals surface area contributed by atoms with Gasteiger partial charge in [0.05, 0.1) is 6.10 Å². The maximum atomic E-state index is 9.09. The Morgan fingerprint density at radius 3 is 2.81 bits per heavy atom. The van der Waals surface area contributed by atoms with Crippen LogP contribution in [0.1, 0.15) is 30.9 Å². The molecule has 0 radical (unpaired) electrons. The van der Waals surface area contributed by atoms with E-state index >= 15 is 0 Å². The van der Waals surface area contributed by atoms with E-state index in [0.29, 0.717) is 0 Å². The molecule has 90 valence electrons. The molecule has 0 aliphatic carbocycles. The number of hydrogen-bond acceptors (Lipinski definition) is 2. The smallest absolute Gasteiger partial charge is 0.0512 e. The normalized spacial score (nSPS) is 12.8. The summed E-state index contributed by atoms with van der Waals surface area (Å²) in [5, 5.41) is 13.2. The summed E-state index contributed by atoms with van der Waals surface area (Å²) in [5.74, 6) is 0. The van der Waals surface area contributed by atoms with E-state index in [1.54, 1.807) is 0 Å². The second kappa shape index (κ2) is 6.89. The largest absolute Gasteiger partial charge is 0.393 e. The minimum absolute atomic E-state index is 0.199. The molecule has 0 saturated heterocycles. The summed E-state index contributed by atoms with van der Waals surface area (Å²) < 4.78 is 0. The highest BCUT2D eigenvalue weighted by Crippen LogP contribution is 2.16. The molecule has 0 aliphatic rings. The van der Waals surface area contributed by atoms with Gasteiger partial charge in [0.2, 0.25) is 0 Å². The summed E-state index contributed by atoms with van der Waals surface area (Å²) in [7, 11) is 0. The number of hydrogen-bond donors (Lipinski definition) is 2. The second-order valence-corrected chi connectivity index (χ2v) is 4.66. The fourth-order valence-corrected chi connectivity index (χ4v) is 1.70. The average Bonchev–Trinajstić information content (AvgIpc) is 2.22. The number of rotatable bonds is 6. The highest BCUT2D eigenvalue weighted by atomic mass is 35.5. The van der Waals surface area contributed by atoms with E-state index in [1.807, 2.05) is 26.0 Å². The molecule has 1 atom stereocenters. The number of aliphatic hydroxyl groups excluding tert-OH is 1. The third-order valence-electron chi connectivity index (χ3n) is 2.54. The number of benzene rings is 1. The number of aryl methyl sites for hydroxylation is 1. The van der Waals surface area contributed by atoms with Gasteiger partial charge in [0.15, 0.2) is 0 Å². The van der Waals surface area contributed by atoms with Crippen molar-refractivity contribution in [3.8, 4) is 0 Å². The van der Waals surface area contributed by atoms with Gasteiger partial charge in [-0.05, 0) is 50.4 Å². The van der Waals surface area contributed by atoms with Crippen molar-refractivity contribution < 1.29 is 5.11 Å². The molecule has 2 N–H and O–H groups in total. The predicted octanol–water partition coefficient (Wildman–Crippen LogP) is 2.90. The molecule has 2 nitrogen and oxygen atoms in total. The second-order valence-electron chi connectivity index (χ2n) is 4.25. The fourth-order valence-electron chi connectivity index (χ4n) is 1.50. The molecule has 3 heteroatoms. The minimum atomic E-state index is -0.199. The van der Waals surface area contributed by atoms with Gasteiger partial charge in [0.1, 0.15) is 0 Å². The van der Waals surface area contributed by atoms with Gasteiger partial charge in [-0.3, -0.25) is 0 Å². The Hall–Kier alpha value is -0.570. The van der Waals surface area contributed by atoms with Crippen LogP contribution in [0.2, 0.25) is 5.02 Å².